The molecule has 3 aromatic rings. The minimum atomic E-state index is -0.0661. The molecule has 1 fully saturated rings. The van der Waals surface area contributed by atoms with Gasteiger partial charge in [-0.25, -0.2) is 0 Å². The summed E-state index contributed by atoms with van der Waals surface area (Å²) in [6.07, 6.45) is 5.52. The molecule has 2 N–H and O–H groups in total. The van der Waals surface area contributed by atoms with Gasteiger partial charge in [-0.1, -0.05) is 12.1 Å². The van der Waals surface area contributed by atoms with E-state index in [0.29, 0.717) is 25.3 Å². The Labute approximate surface area is 152 Å². The number of nitrogens with one attached hydrogen (secondary N) is 2. The van der Waals surface area contributed by atoms with Crippen molar-refractivity contribution in [2.45, 2.75) is 6.04 Å². The monoisotopic (exact) mass is 350 g/mol. The van der Waals surface area contributed by atoms with Gasteiger partial charge < -0.3 is 15.0 Å². The van der Waals surface area contributed by atoms with Crippen LogP contribution < -0.4 is 5.32 Å². The van der Waals surface area contributed by atoms with E-state index in [9.17, 15) is 4.79 Å². The summed E-state index contributed by atoms with van der Waals surface area (Å²) in [7, 11) is 0. The number of aromatic nitrogens is 2. The highest BCUT2D eigenvalue weighted by molar-refractivity contribution is 5.97. The molecule has 0 spiro atoms. The molecule has 1 atom stereocenters. The lowest BCUT2D eigenvalue weighted by Crippen LogP contribution is -2.43. The summed E-state index contributed by atoms with van der Waals surface area (Å²) in [6, 6.07) is 11.8. The van der Waals surface area contributed by atoms with E-state index in [2.05, 4.69) is 26.3 Å². The molecular weight excluding hydrogens is 328 g/mol. The van der Waals surface area contributed by atoms with Crippen LogP contribution in [0.25, 0.3) is 10.9 Å². The van der Waals surface area contributed by atoms with Crippen LogP contribution in [0, 0.1) is 0 Å². The third-order valence-electron chi connectivity index (χ3n) is 4.83. The van der Waals surface area contributed by atoms with E-state index in [-0.39, 0.29) is 11.9 Å². The second kappa shape index (κ2) is 7.68. The van der Waals surface area contributed by atoms with Gasteiger partial charge in [-0.05, 0) is 35.2 Å². The summed E-state index contributed by atoms with van der Waals surface area (Å²) < 4.78 is 5.47. The molecule has 0 saturated carbocycles. The van der Waals surface area contributed by atoms with Crippen molar-refractivity contribution < 1.29 is 9.53 Å². The van der Waals surface area contributed by atoms with Gasteiger partial charge in [0.05, 0.1) is 19.3 Å². The number of amides is 1. The first-order valence-corrected chi connectivity index (χ1v) is 8.88. The van der Waals surface area contributed by atoms with Crippen LogP contribution >= 0.6 is 0 Å². The van der Waals surface area contributed by atoms with Crippen LogP contribution in [0.3, 0.4) is 0 Å². The van der Waals surface area contributed by atoms with E-state index in [1.807, 2.05) is 42.7 Å². The number of hydrogen-bond acceptors (Lipinski definition) is 4. The number of benzene rings is 1. The fourth-order valence-electron chi connectivity index (χ4n) is 3.40. The lowest BCUT2D eigenvalue weighted by atomic mass is 10.1. The smallest absolute Gasteiger partial charge is 0.251 e. The Morgan fingerprint density at radius 2 is 2.15 bits per heavy atom. The van der Waals surface area contributed by atoms with E-state index < -0.39 is 0 Å². The van der Waals surface area contributed by atoms with Crippen molar-refractivity contribution in [3.05, 3.63) is 66.1 Å². The lowest BCUT2D eigenvalue weighted by Gasteiger charge is -2.34. The van der Waals surface area contributed by atoms with Crippen LogP contribution in [0.4, 0.5) is 0 Å². The maximum absolute atomic E-state index is 12.6. The maximum Gasteiger partial charge on any atom is 0.251 e. The summed E-state index contributed by atoms with van der Waals surface area (Å²) in [5, 5.41) is 4.19. The van der Waals surface area contributed by atoms with Gasteiger partial charge in [0, 0.05) is 49.3 Å². The molecule has 0 radical (unpaired) electrons. The molecule has 26 heavy (non-hydrogen) atoms. The summed E-state index contributed by atoms with van der Waals surface area (Å²) in [4.78, 5) is 22.4. The molecule has 1 saturated heterocycles. The minimum absolute atomic E-state index is 0.0661. The molecule has 134 valence electrons. The molecule has 6 heteroatoms. The first kappa shape index (κ1) is 16.8. The van der Waals surface area contributed by atoms with Gasteiger partial charge in [-0.15, -0.1) is 0 Å². The fraction of sp³-hybridized carbons (Fsp3) is 0.300. The topological polar surface area (TPSA) is 70.2 Å². The third kappa shape index (κ3) is 3.61. The van der Waals surface area contributed by atoms with E-state index in [1.165, 1.54) is 0 Å². The quantitative estimate of drug-likeness (QED) is 0.741. The number of hydrogen-bond donors (Lipinski definition) is 2. The van der Waals surface area contributed by atoms with Crippen molar-refractivity contribution in [1.29, 1.82) is 0 Å². The molecule has 6 nitrogen and oxygen atoms in total. The van der Waals surface area contributed by atoms with Gasteiger partial charge in [-0.2, -0.15) is 0 Å². The Hall–Kier alpha value is -2.70. The van der Waals surface area contributed by atoms with Crippen LogP contribution in [-0.4, -0.2) is 53.6 Å². The first-order valence-electron chi connectivity index (χ1n) is 8.88. The zero-order valence-corrected chi connectivity index (χ0v) is 14.5. The molecule has 3 heterocycles. The van der Waals surface area contributed by atoms with Crippen molar-refractivity contribution >= 4 is 16.8 Å². The second-order valence-corrected chi connectivity index (χ2v) is 6.44. The molecule has 2 aromatic heterocycles. The molecule has 0 bridgehead atoms. The zero-order chi connectivity index (χ0) is 17.8. The van der Waals surface area contributed by atoms with Crippen molar-refractivity contribution in [2.75, 3.05) is 32.8 Å². The predicted octanol–water partition coefficient (Wildman–Crippen LogP) is 2.37. The van der Waals surface area contributed by atoms with Crippen LogP contribution in [-0.2, 0) is 4.74 Å². The van der Waals surface area contributed by atoms with E-state index in [0.717, 1.165) is 29.6 Å². The second-order valence-electron chi connectivity index (χ2n) is 6.44. The Morgan fingerprint density at radius 3 is 2.96 bits per heavy atom. The van der Waals surface area contributed by atoms with Crippen molar-refractivity contribution in [1.82, 2.24) is 20.2 Å². The van der Waals surface area contributed by atoms with Crippen molar-refractivity contribution in [3.63, 3.8) is 0 Å². The molecule has 1 amide bonds. The Bertz CT molecular complexity index is 872. The van der Waals surface area contributed by atoms with Gasteiger partial charge in [0.1, 0.15) is 0 Å². The lowest BCUT2D eigenvalue weighted by molar-refractivity contribution is 0.0161. The molecule has 1 aliphatic rings. The minimum Gasteiger partial charge on any atom is -0.379 e. The number of pyridine rings is 1. The number of rotatable bonds is 5. The highest BCUT2D eigenvalue weighted by Gasteiger charge is 2.23. The summed E-state index contributed by atoms with van der Waals surface area (Å²) in [5.74, 6) is -0.0661. The largest absolute Gasteiger partial charge is 0.379 e. The van der Waals surface area contributed by atoms with Gasteiger partial charge in [0.15, 0.2) is 0 Å². The number of nitrogens with zero attached hydrogens (tertiary/aromatic N) is 2. The van der Waals surface area contributed by atoms with Gasteiger partial charge >= 0.3 is 0 Å². The normalized spacial score (nSPS) is 16.5. The molecule has 1 aromatic carbocycles. The van der Waals surface area contributed by atoms with Crippen molar-refractivity contribution in [2.24, 2.45) is 0 Å². The van der Waals surface area contributed by atoms with Gasteiger partial charge in [0.25, 0.3) is 5.91 Å². The average Bonchev–Trinajstić information content (AvgIpc) is 3.17. The van der Waals surface area contributed by atoms with Crippen LogP contribution in [0.2, 0.25) is 0 Å². The number of fused-ring (bicyclic) bond motifs is 1. The summed E-state index contributed by atoms with van der Waals surface area (Å²) in [6.45, 7) is 3.67. The van der Waals surface area contributed by atoms with Crippen molar-refractivity contribution in [3.8, 4) is 0 Å². The Kier molecular flexibility index (Phi) is 4.95. The zero-order valence-electron chi connectivity index (χ0n) is 14.5. The number of carbonyl (C=O) groups is 1. The molecule has 4 rings (SSSR count). The molecule has 1 aliphatic heterocycles. The predicted molar refractivity (Wildman–Crippen MR) is 100 cm³/mol. The maximum atomic E-state index is 12.6. The Balaban J connectivity index is 1.49. The number of ether oxygens (including phenoxy) is 1. The highest BCUT2D eigenvalue weighted by Crippen LogP contribution is 2.21. The van der Waals surface area contributed by atoms with Crippen LogP contribution in [0.5, 0.6) is 0 Å². The molecule has 0 aliphatic carbocycles. The standard InChI is InChI=1S/C20H22N4O2/c25-20(16-4-3-15-5-7-22-18(15)12-16)23-14-19(17-2-1-6-21-13-17)24-8-10-26-11-9-24/h1-7,12-13,19,22H,8-11,14H2,(H,23,25). The van der Waals surface area contributed by atoms with Crippen LogP contribution in [0.1, 0.15) is 22.0 Å². The van der Waals surface area contributed by atoms with E-state index >= 15 is 0 Å². The number of aromatic amines is 1. The number of H-pyrrole nitrogens is 1. The van der Waals surface area contributed by atoms with E-state index in [4.69, 9.17) is 4.74 Å². The van der Waals surface area contributed by atoms with Gasteiger partial charge in [-0.3, -0.25) is 14.7 Å². The Morgan fingerprint density at radius 1 is 1.27 bits per heavy atom. The SMILES string of the molecule is O=C(NCC(c1cccnc1)N1CCOCC1)c1ccc2cc[nH]c2c1. The van der Waals surface area contributed by atoms with Gasteiger partial charge in [0.2, 0.25) is 0 Å². The summed E-state index contributed by atoms with van der Waals surface area (Å²) >= 11 is 0. The summed E-state index contributed by atoms with van der Waals surface area (Å²) in [5.41, 5.74) is 2.73. The molecular formula is C20H22N4O2. The number of morpholine rings is 1. The molecule has 1 unspecified atom stereocenters. The van der Waals surface area contributed by atoms with E-state index in [1.54, 1.807) is 6.20 Å². The number of carbonyl (C=O) groups excluding carboxylic acids is 1. The fourth-order valence-corrected chi connectivity index (χ4v) is 3.40. The van der Waals surface area contributed by atoms with Crippen LogP contribution in [0.15, 0.2) is 55.0 Å². The highest BCUT2D eigenvalue weighted by atomic mass is 16.5. The average molecular weight is 350 g/mol. The third-order valence-corrected chi connectivity index (χ3v) is 4.83. The first-order chi connectivity index (χ1) is 12.8.